The Labute approximate surface area is 101 Å². The third-order valence-corrected chi connectivity index (χ3v) is 2.38. The maximum atomic E-state index is 5.83. The number of nitrogen functional groups attached to an aromatic ring is 1. The van der Waals surface area contributed by atoms with Crippen LogP contribution >= 0.6 is 11.6 Å². The third kappa shape index (κ3) is 3.21. The number of hydrogen-bond acceptors (Lipinski definition) is 5. The number of halogens is 1. The minimum Gasteiger partial charge on any atom is -0.394 e. The van der Waals surface area contributed by atoms with E-state index in [0.29, 0.717) is 24.7 Å². The van der Waals surface area contributed by atoms with Gasteiger partial charge < -0.3 is 15.4 Å². The van der Waals surface area contributed by atoms with Crippen molar-refractivity contribution >= 4 is 23.1 Å². The molecule has 0 radical (unpaired) electrons. The van der Waals surface area contributed by atoms with Crippen LogP contribution in [0, 0.1) is 0 Å². The lowest BCUT2D eigenvalue weighted by Gasteiger charge is -2.28. The minimum atomic E-state index is 0.201. The van der Waals surface area contributed by atoms with E-state index in [0.717, 1.165) is 0 Å². The molecule has 0 fully saturated rings. The van der Waals surface area contributed by atoms with E-state index in [1.165, 1.54) is 6.20 Å². The van der Waals surface area contributed by atoms with E-state index in [9.17, 15) is 0 Å². The largest absolute Gasteiger partial charge is 0.394 e. The number of nitrogens with zero attached hydrogens (tertiary/aromatic N) is 3. The number of nitrogens with two attached hydrogens (primary N) is 1. The van der Waals surface area contributed by atoms with Crippen LogP contribution in [0.15, 0.2) is 6.20 Å². The first kappa shape index (κ1) is 13.0. The lowest BCUT2D eigenvalue weighted by Crippen LogP contribution is -2.35. The molecule has 0 saturated heterocycles. The second-order valence-electron chi connectivity index (χ2n) is 3.70. The van der Waals surface area contributed by atoms with Gasteiger partial charge in [0.2, 0.25) is 5.28 Å². The summed E-state index contributed by atoms with van der Waals surface area (Å²) in [5, 5.41) is 0.201. The molecule has 1 heterocycles. The van der Waals surface area contributed by atoms with Crippen molar-refractivity contribution in [1.82, 2.24) is 9.97 Å². The molecule has 0 aromatic carbocycles. The van der Waals surface area contributed by atoms with Gasteiger partial charge in [-0.25, -0.2) is 4.98 Å². The Morgan fingerprint density at radius 2 is 2.25 bits per heavy atom. The predicted octanol–water partition coefficient (Wildman–Crippen LogP) is 1.57. The highest BCUT2D eigenvalue weighted by Gasteiger charge is 2.15. The average Bonchev–Trinajstić information content (AvgIpc) is 2.23. The molecule has 0 atom stereocenters. The van der Waals surface area contributed by atoms with Gasteiger partial charge >= 0.3 is 0 Å². The van der Waals surface area contributed by atoms with Gasteiger partial charge in [0.25, 0.3) is 0 Å². The predicted molar refractivity (Wildman–Crippen MR) is 65.8 cm³/mol. The molecule has 1 aromatic rings. The molecule has 0 amide bonds. The second-order valence-corrected chi connectivity index (χ2v) is 4.04. The summed E-state index contributed by atoms with van der Waals surface area (Å²) in [4.78, 5) is 10.0. The van der Waals surface area contributed by atoms with Crippen LogP contribution in [0.3, 0.4) is 0 Å². The summed E-state index contributed by atoms with van der Waals surface area (Å²) in [6.07, 6.45) is 1.52. The van der Waals surface area contributed by atoms with E-state index in [4.69, 9.17) is 22.1 Å². The lowest BCUT2D eigenvalue weighted by molar-refractivity contribution is 0.203. The van der Waals surface area contributed by atoms with Gasteiger partial charge in [0.15, 0.2) is 5.82 Å². The van der Waals surface area contributed by atoms with Gasteiger partial charge in [-0.05, 0) is 25.4 Å². The van der Waals surface area contributed by atoms with Gasteiger partial charge in [-0.2, -0.15) is 4.98 Å². The maximum Gasteiger partial charge on any atom is 0.224 e. The van der Waals surface area contributed by atoms with Crippen molar-refractivity contribution in [3.05, 3.63) is 11.5 Å². The van der Waals surface area contributed by atoms with Gasteiger partial charge in [-0.1, -0.05) is 0 Å². The van der Waals surface area contributed by atoms with Crippen LogP contribution in [0.1, 0.15) is 13.8 Å². The molecule has 5 nitrogen and oxygen atoms in total. The van der Waals surface area contributed by atoms with Crippen molar-refractivity contribution in [3.8, 4) is 0 Å². The van der Waals surface area contributed by atoms with Gasteiger partial charge in [0, 0.05) is 19.7 Å². The zero-order valence-electron chi connectivity index (χ0n) is 9.77. The van der Waals surface area contributed by atoms with Crippen molar-refractivity contribution in [2.75, 3.05) is 30.9 Å². The zero-order chi connectivity index (χ0) is 12.1. The Bertz CT molecular complexity index is 346. The molecule has 0 aliphatic carbocycles. The van der Waals surface area contributed by atoms with Crippen LogP contribution in [-0.2, 0) is 4.74 Å². The summed E-state index contributed by atoms with van der Waals surface area (Å²) in [5.41, 5.74) is 6.36. The van der Waals surface area contributed by atoms with Crippen LogP contribution in [0.4, 0.5) is 11.5 Å². The first-order chi connectivity index (χ1) is 7.56. The molecule has 0 bridgehead atoms. The topological polar surface area (TPSA) is 64.3 Å². The van der Waals surface area contributed by atoms with Crippen LogP contribution in [-0.4, -0.2) is 36.3 Å². The number of anilines is 2. The van der Waals surface area contributed by atoms with Crippen LogP contribution in [0.2, 0.25) is 5.28 Å². The standard InChI is InChI=1S/C10H17ClN4O/c1-7(2)15(4-5-16-3)9-8(12)6-13-10(11)14-9/h6-7H,4-5,12H2,1-3H3. The molecule has 90 valence electrons. The first-order valence-electron chi connectivity index (χ1n) is 5.10. The van der Waals surface area contributed by atoms with Gasteiger partial charge in [0.05, 0.1) is 18.5 Å². The van der Waals surface area contributed by atoms with Crippen molar-refractivity contribution in [1.29, 1.82) is 0 Å². The molecular formula is C10H17ClN4O. The van der Waals surface area contributed by atoms with Crippen molar-refractivity contribution in [3.63, 3.8) is 0 Å². The third-order valence-electron chi connectivity index (χ3n) is 2.20. The quantitative estimate of drug-likeness (QED) is 0.797. The average molecular weight is 245 g/mol. The van der Waals surface area contributed by atoms with E-state index in [1.807, 2.05) is 4.90 Å². The Morgan fingerprint density at radius 3 is 2.81 bits per heavy atom. The summed E-state index contributed by atoms with van der Waals surface area (Å²) in [7, 11) is 1.66. The van der Waals surface area contributed by atoms with E-state index in [-0.39, 0.29) is 11.3 Å². The molecule has 1 aromatic heterocycles. The normalized spacial score (nSPS) is 10.8. The van der Waals surface area contributed by atoms with E-state index >= 15 is 0 Å². The highest BCUT2D eigenvalue weighted by molar-refractivity contribution is 6.28. The number of aromatic nitrogens is 2. The fraction of sp³-hybridized carbons (Fsp3) is 0.600. The SMILES string of the molecule is COCCN(c1nc(Cl)ncc1N)C(C)C. The Hall–Kier alpha value is -1.07. The van der Waals surface area contributed by atoms with Crippen molar-refractivity contribution < 1.29 is 4.74 Å². The van der Waals surface area contributed by atoms with Crippen LogP contribution in [0.5, 0.6) is 0 Å². The van der Waals surface area contributed by atoms with Gasteiger partial charge in [-0.15, -0.1) is 0 Å². The molecule has 0 unspecified atom stereocenters. The van der Waals surface area contributed by atoms with E-state index < -0.39 is 0 Å². The molecule has 16 heavy (non-hydrogen) atoms. The summed E-state index contributed by atoms with van der Waals surface area (Å²) in [6, 6.07) is 0.267. The lowest BCUT2D eigenvalue weighted by atomic mass is 10.3. The Kier molecular flexibility index (Phi) is 4.76. The molecule has 0 saturated carbocycles. The summed E-state index contributed by atoms with van der Waals surface area (Å²) in [6.45, 7) is 5.45. The summed E-state index contributed by atoms with van der Waals surface area (Å²) < 4.78 is 5.06. The highest BCUT2D eigenvalue weighted by atomic mass is 35.5. The van der Waals surface area contributed by atoms with Crippen molar-refractivity contribution in [2.24, 2.45) is 0 Å². The molecule has 0 aliphatic rings. The molecule has 0 aliphatic heterocycles. The molecule has 1 rings (SSSR count). The second kappa shape index (κ2) is 5.86. The molecular weight excluding hydrogens is 228 g/mol. The van der Waals surface area contributed by atoms with E-state index in [2.05, 4.69) is 23.8 Å². The Morgan fingerprint density at radius 1 is 1.56 bits per heavy atom. The minimum absolute atomic E-state index is 0.201. The summed E-state index contributed by atoms with van der Waals surface area (Å²) >= 11 is 5.76. The monoisotopic (exact) mass is 244 g/mol. The number of ether oxygens (including phenoxy) is 1. The fourth-order valence-corrected chi connectivity index (χ4v) is 1.52. The van der Waals surface area contributed by atoms with Crippen molar-refractivity contribution in [2.45, 2.75) is 19.9 Å². The number of hydrogen-bond donors (Lipinski definition) is 1. The summed E-state index contributed by atoms with van der Waals surface area (Å²) in [5.74, 6) is 0.659. The first-order valence-corrected chi connectivity index (χ1v) is 5.47. The van der Waals surface area contributed by atoms with Gasteiger partial charge in [-0.3, -0.25) is 0 Å². The fourth-order valence-electron chi connectivity index (χ4n) is 1.39. The van der Waals surface area contributed by atoms with Gasteiger partial charge in [0.1, 0.15) is 0 Å². The molecule has 6 heteroatoms. The highest BCUT2D eigenvalue weighted by Crippen LogP contribution is 2.22. The van der Waals surface area contributed by atoms with Crippen LogP contribution < -0.4 is 10.6 Å². The van der Waals surface area contributed by atoms with E-state index in [1.54, 1.807) is 7.11 Å². The maximum absolute atomic E-state index is 5.83. The number of methoxy groups -OCH3 is 1. The zero-order valence-corrected chi connectivity index (χ0v) is 10.5. The molecule has 2 N–H and O–H groups in total. The molecule has 0 spiro atoms. The number of rotatable bonds is 5. The smallest absolute Gasteiger partial charge is 0.224 e. The Balaban J connectivity index is 2.95. The van der Waals surface area contributed by atoms with Crippen LogP contribution in [0.25, 0.3) is 0 Å².